The average Bonchev–Trinajstić information content (AvgIpc) is 2.05. The van der Waals surface area contributed by atoms with Gasteiger partial charge in [-0.05, 0) is 12.3 Å². The molecule has 1 saturated heterocycles. The van der Waals surface area contributed by atoms with E-state index in [2.05, 4.69) is 16.7 Å². The number of amides is 1. The van der Waals surface area contributed by atoms with Crippen molar-refractivity contribution in [1.82, 2.24) is 10.6 Å². The fraction of sp³-hybridized carbons (Fsp3) is 0.625. The summed E-state index contributed by atoms with van der Waals surface area (Å²) in [7, 11) is 0. The van der Waals surface area contributed by atoms with Crippen molar-refractivity contribution in [2.75, 3.05) is 6.54 Å². The van der Waals surface area contributed by atoms with Crippen molar-refractivity contribution in [3.8, 4) is 0 Å². The van der Waals surface area contributed by atoms with Crippen LogP contribution in [0.5, 0.6) is 0 Å². The van der Waals surface area contributed by atoms with Gasteiger partial charge in [-0.3, -0.25) is 4.79 Å². The van der Waals surface area contributed by atoms with Gasteiger partial charge in [0.15, 0.2) is 0 Å². The number of rotatable bonds is 2. The predicted molar refractivity (Wildman–Crippen MR) is 46.8 cm³/mol. The van der Waals surface area contributed by atoms with Crippen LogP contribution in [0.2, 0.25) is 0 Å². The van der Waals surface area contributed by atoms with E-state index in [9.17, 15) is 4.79 Å². The molecule has 2 N–H and O–H groups in total. The van der Waals surface area contributed by atoms with Gasteiger partial charge in [0.2, 0.25) is 6.41 Å². The molecule has 12 heavy (non-hydrogen) atoms. The van der Waals surface area contributed by atoms with Gasteiger partial charge >= 0.3 is 0 Å². The molecule has 1 fully saturated rings. The van der Waals surface area contributed by atoms with E-state index in [1.165, 1.54) is 0 Å². The summed E-state index contributed by atoms with van der Waals surface area (Å²) in [6, 6.07) is 0.0781. The van der Waals surface area contributed by atoms with Crippen molar-refractivity contribution < 1.29 is 4.79 Å². The zero-order valence-electron chi connectivity index (χ0n) is 6.59. The summed E-state index contributed by atoms with van der Waals surface area (Å²) < 4.78 is 0. The summed E-state index contributed by atoms with van der Waals surface area (Å²) in [4.78, 5) is 9.71. The molecule has 3 aliphatic rings. The highest BCUT2D eigenvalue weighted by molar-refractivity contribution is 6.25. The van der Waals surface area contributed by atoms with Crippen LogP contribution in [0, 0.1) is 5.92 Å². The number of fused-ring (bicyclic) bond motifs is 2. The molecule has 0 saturated carbocycles. The molecule has 2 bridgehead atoms. The molecule has 0 aromatic carbocycles. The molecule has 0 aromatic heterocycles. The van der Waals surface area contributed by atoms with Crippen LogP contribution in [-0.4, -0.2) is 24.0 Å². The lowest BCUT2D eigenvalue weighted by Gasteiger charge is -2.44. The Labute approximate surface area is 76.2 Å². The summed E-state index contributed by atoms with van der Waals surface area (Å²) >= 11 is 6.22. The Morgan fingerprint density at radius 3 is 2.92 bits per heavy atom. The second-order valence-electron chi connectivity index (χ2n) is 3.36. The highest BCUT2D eigenvalue weighted by Gasteiger charge is 2.43. The minimum atomic E-state index is -0.598. The van der Waals surface area contributed by atoms with Crippen LogP contribution >= 0.6 is 11.6 Å². The Morgan fingerprint density at radius 1 is 1.67 bits per heavy atom. The monoisotopic (exact) mass is 186 g/mol. The largest absolute Gasteiger partial charge is 0.338 e. The first-order chi connectivity index (χ1) is 5.74. The van der Waals surface area contributed by atoms with E-state index in [1.807, 2.05) is 6.08 Å². The second-order valence-corrected chi connectivity index (χ2v) is 4.03. The van der Waals surface area contributed by atoms with Crippen LogP contribution in [0.3, 0.4) is 0 Å². The van der Waals surface area contributed by atoms with Gasteiger partial charge in [0, 0.05) is 6.54 Å². The number of carbonyl (C=O) groups excluding carboxylic acids is 1. The molecule has 0 aromatic rings. The Kier molecular flexibility index (Phi) is 1.85. The van der Waals surface area contributed by atoms with Crippen LogP contribution in [-0.2, 0) is 4.79 Å². The van der Waals surface area contributed by atoms with E-state index >= 15 is 0 Å². The Bertz CT molecular complexity index is 231. The number of alkyl halides is 1. The summed E-state index contributed by atoms with van der Waals surface area (Å²) in [6.07, 6.45) is 5.68. The molecule has 1 amide bonds. The summed E-state index contributed by atoms with van der Waals surface area (Å²) in [6.45, 7) is 0.968. The molecule has 3 unspecified atom stereocenters. The van der Waals surface area contributed by atoms with E-state index < -0.39 is 5.00 Å². The van der Waals surface area contributed by atoms with Crippen LogP contribution in [0.15, 0.2) is 12.2 Å². The van der Waals surface area contributed by atoms with Crippen molar-refractivity contribution in [3.05, 3.63) is 12.2 Å². The molecule has 3 nitrogen and oxygen atoms in total. The lowest BCUT2D eigenvalue weighted by molar-refractivity contribution is -0.110. The summed E-state index contributed by atoms with van der Waals surface area (Å²) in [5, 5.41) is 5.92. The molecule has 66 valence electrons. The average molecular weight is 187 g/mol. The smallest absolute Gasteiger partial charge is 0.208 e. The minimum Gasteiger partial charge on any atom is -0.338 e. The Balaban J connectivity index is 2.19. The van der Waals surface area contributed by atoms with Gasteiger partial charge in [0.05, 0.1) is 6.04 Å². The molecule has 2 heterocycles. The standard InChI is InChI=1S/C8H11ClN2O/c9-8(11-5-12)3-6-1-2-7(8)10-4-6/h1-2,5-7,10H,3-4H2,(H,11,12). The van der Waals surface area contributed by atoms with Crippen molar-refractivity contribution in [1.29, 1.82) is 0 Å². The number of nitrogens with one attached hydrogen (secondary N) is 2. The third kappa shape index (κ3) is 1.13. The Hall–Kier alpha value is -0.540. The number of carbonyl (C=O) groups is 1. The first kappa shape index (κ1) is 8.08. The first-order valence-electron chi connectivity index (χ1n) is 4.06. The fourth-order valence-electron chi connectivity index (χ4n) is 1.89. The highest BCUT2D eigenvalue weighted by Crippen LogP contribution is 2.34. The SMILES string of the molecule is O=CNC1(Cl)CC2C=CC1NC2. The lowest BCUT2D eigenvalue weighted by atomic mass is 9.83. The number of halogens is 1. The molecular formula is C8H11ClN2O. The Morgan fingerprint density at radius 2 is 2.50 bits per heavy atom. The first-order valence-corrected chi connectivity index (χ1v) is 4.44. The molecule has 4 heteroatoms. The van der Waals surface area contributed by atoms with Crippen LogP contribution in [0.25, 0.3) is 0 Å². The summed E-state index contributed by atoms with van der Waals surface area (Å²) in [5.41, 5.74) is 0. The predicted octanol–water partition coefficient (Wildman–Crippen LogP) is 0.215. The van der Waals surface area contributed by atoms with Gasteiger partial charge in [-0.15, -0.1) is 0 Å². The minimum absolute atomic E-state index is 0.0781. The molecule has 0 spiro atoms. The molecule has 2 aliphatic heterocycles. The van der Waals surface area contributed by atoms with E-state index in [0.29, 0.717) is 12.3 Å². The van der Waals surface area contributed by atoms with Gasteiger partial charge in [0.1, 0.15) is 5.00 Å². The van der Waals surface area contributed by atoms with E-state index in [0.717, 1.165) is 13.0 Å². The third-order valence-corrected chi connectivity index (χ3v) is 3.03. The molecular weight excluding hydrogens is 176 g/mol. The second kappa shape index (κ2) is 2.75. The van der Waals surface area contributed by atoms with Crippen molar-refractivity contribution in [2.45, 2.75) is 17.5 Å². The maximum atomic E-state index is 10.3. The van der Waals surface area contributed by atoms with E-state index in [1.54, 1.807) is 0 Å². The number of hydrogen-bond donors (Lipinski definition) is 2. The quantitative estimate of drug-likeness (QED) is 0.280. The topological polar surface area (TPSA) is 41.1 Å². The van der Waals surface area contributed by atoms with Crippen LogP contribution in [0.4, 0.5) is 0 Å². The zero-order chi connectivity index (χ0) is 8.60. The van der Waals surface area contributed by atoms with Gasteiger partial charge in [-0.2, -0.15) is 0 Å². The van der Waals surface area contributed by atoms with Crippen molar-refractivity contribution in [2.24, 2.45) is 5.92 Å². The molecule has 1 aliphatic carbocycles. The van der Waals surface area contributed by atoms with E-state index in [4.69, 9.17) is 11.6 Å². The molecule has 0 radical (unpaired) electrons. The van der Waals surface area contributed by atoms with Crippen LogP contribution < -0.4 is 10.6 Å². The maximum Gasteiger partial charge on any atom is 0.208 e. The summed E-state index contributed by atoms with van der Waals surface area (Å²) in [5.74, 6) is 0.458. The van der Waals surface area contributed by atoms with Crippen LogP contribution in [0.1, 0.15) is 6.42 Å². The number of hydrogen-bond acceptors (Lipinski definition) is 2. The highest BCUT2D eigenvalue weighted by atomic mass is 35.5. The zero-order valence-corrected chi connectivity index (χ0v) is 7.34. The maximum absolute atomic E-state index is 10.3. The van der Waals surface area contributed by atoms with Gasteiger partial charge in [0.25, 0.3) is 0 Å². The normalized spacial score (nSPS) is 44.4. The van der Waals surface area contributed by atoms with E-state index in [-0.39, 0.29) is 6.04 Å². The van der Waals surface area contributed by atoms with Gasteiger partial charge in [-0.1, -0.05) is 23.8 Å². The number of piperidine rings is 1. The third-order valence-electron chi connectivity index (χ3n) is 2.53. The lowest BCUT2D eigenvalue weighted by Crippen LogP contribution is -2.62. The molecule has 3 atom stereocenters. The van der Waals surface area contributed by atoms with Crippen molar-refractivity contribution in [3.63, 3.8) is 0 Å². The molecule has 3 rings (SSSR count). The van der Waals surface area contributed by atoms with Gasteiger partial charge < -0.3 is 10.6 Å². The van der Waals surface area contributed by atoms with Crippen molar-refractivity contribution >= 4 is 18.0 Å². The van der Waals surface area contributed by atoms with Gasteiger partial charge in [-0.25, -0.2) is 0 Å². The fourth-order valence-corrected chi connectivity index (χ4v) is 2.29.